The summed E-state index contributed by atoms with van der Waals surface area (Å²) >= 11 is 5.81. The van der Waals surface area contributed by atoms with Crippen LogP contribution in [0.25, 0.3) is 0 Å². The zero-order valence-corrected chi connectivity index (χ0v) is 11.3. The second-order valence-corrected chi connectivity index (χ2v) is 5.05. The van der Waals surface area contributed by atoms with Crippen LogP contribution in [0.4, 0.5) is 0 Å². The van der Waals surface area contributed by atoms with Gasteiger partial charge in [-0.2, -0.15) is 0 Å². The summed E-state index contributed by atoms with van der Waals surface area (Å²) in [4.78, 5) is 14.4. The first-order valence-corrected chi connectivity index (χ1v) is 7.14. The lowest BCUT2D eigenvalue weighted by Gasteiger charge is -2.37. The number of rotatable bonds is 5. The summed E-state index contributed by atoms with van der Waals surface area (Å²) in [5.74, 6) is 1.24. The van der Waals surface area contributed by atoms with Gasteiger partial charge in [-0.15, -0.1) is 11.6 Å². The standard InChI is InChI=1S/C13H24ClNO/c1-3-11(4-2)13(16)15-10-6-5-7-12(15)8-9-14/h11-12H,3-10H2,1-2H3. The number of amides is 1. The number of hydrogen-bond acceptors (Lipinski definition) is 1. The number of carbonyl (C=O) groups excluding carboxylic acids is 1. The van der Waals surface area contributed by atoms with Crippen LogP contribution in [-0.4, -0.2) is 29.3 Å². The van der Waals surface area contributed by atoms with Crippen molar-refractivity contribution >= 4 is 17.5 Å². The monoisotopic (exact) mass is 245 g/mol. The first-order chi connectivity index (χ1) is 7.74. The molecule has 0 aliphatic carbocycles. The fourth-order valence-corrected chi connectivity index (χ4v) is 2.84. The van der Waals surface area contributed by atoms with Crippen LogP contribution in [0.2, 0.25) is 0 Å². The van der Waals surface area contributed by atoms with Crippen molar-refractivity contribution in [1.82, 2.24) is 4.90 Å². The number of alkyl halides is 1. The van der Waals surface area contributed by atoms with Crippen LogP contribution in [-0.2, 0) is 4.79 Å². The molecule has 1 atom stereocenters. The van der Waals surface area contributed by atoms with Gasteiger partial charge in [-0.05, 0) is 38.5 Å². The predicted octanol–water partition coefficient (Wildman–Crippen LogP) is 3.43. The quantitative estimate of drug-likeness (QED) is 0.680. The van der Waals surface area contributed by atoms with Gasteiger partial charge in [0.1, 0.15) is 0 Å². The Balaban J connectivity index is 2.62. The largest absolute Gasteiger partial charge is 0.339 e. The van der Waals surface area contributed by atoms with E-state index in [4.69, 9.17) is 11.6 Å². The highest BCUT2D eigenvalue weighted by Crippen LogP contribution is 2.24. The summed E-state index contributed by atoms with van der Waals surface area (Å²) in [6, 6.07) is 0.402. The van der Waals surface area contributed by atoms with E-state index in [9.17, 15) is 4.79 Å². The van der Waals surface area contributed by atoms with Crippen LogP contribution in [0, 0.1) is 5.92 Å². The highest BCUT2D eigenvalue weighted by Gasteiger charge is 2.29. The number of piperidine rings is 1. The third kappa shape index (κ3) is 3.38. The Morgan fingerprint density at radius 1 is 1.38 bits per heavy atom. The normalized spacial score (nSPS) is 21.5. The molecule has 1 fully saturated rings. The Morgan fingerprint density at radius 3 is 2.62 bits per heavy atom. The molecule has 16 heavy (non-hydrogen) atoms. The van der Waals surface area contributed by atoms with Crippen LogP contribution >= 0.6 is 11.6 Å². The minimum atomic E-state index is 0.218. The molecule has 0 aromatic heterocycles. The molecular formula is C13H24ClNO. The van der Waals surface area contributed by atoms with Crippen molar-refractivity contribution in [3.8, 4) is 0 Å². The Kier molecular flexibility index (Phi) is 6.18. The highest BCUT2D eigenvalue weighted by molar-refractivity contribution is 6.17. The maximum absolute atomic E-state index is 12.3. The smallest absolute Gasteiger partial charge is 0.225 e. The van der Waals surface area contributed by atoms with Gasteiger partial charge in [-0.1, -0.05) is 13.8 Å². The van der Waals surface area contributed by atoms with Crippen LogP contribution in [0.1, 0.15) is 52.4 Å². The van der Waals surface area contributed by atoms with E-state index in [1.165, 1.54) is 6.42 Å². The van der Waals surface area contributed by atoms with Gasteiger partial charge < -0.3 is 4.90 Å². The molecule has 0 spiro atoms. The van der Waals surface area contributed by atoms with Crippen LogP contribution in [0.5, 0.6) is 0 Å². The third-order valence-corrected chi connectivity index (χ3v) is 3.91. The van der Waals surface area contributed by atoms with Crippen LogP contribution < -0.4 is 0 Å². The topological polar surface area (TPSA) is 20.3 Å². The van der Waals surface area contributed by atoms with Crippen molar-refractivity contribution < 1.29 is 4.79 Å². The fraction of sp³-hybridized carbons (Fsp3) is 0.923. The van der Waals surface area contributed by atoms with Crippen molar-refractivity contribution in [3.63, 3.8) is 0 Å². The molecule has 0 saturated carbocycles. The molecule has 0 aromatic carbocycles. The van der Waals surface area contributed by atoms with E-state index < -0.39 is 0 Å². The minimum Gasteiger partial charge on any atom is -0.339 e. The van der Waals surface area contributed by atoms with E-state index in [-0.39, 0.29) is 5.92 Å². The summed E-state index contributed by atoms with van der Waals surface area (Å²) in [5.41, 5.74) is 0. The summed E-state index contributed by atoms with van der Waals surface area (Å²) in [6.07, 6.45) is 6.41. The van der Waals surface area contributed by atoms with Gasteiger partial charge >= 0.3 is 0 Å². The van der Waals surface area contributed by atoms with Crippen molar-refractivity contribution in [3.05, 3.63) is 0 Å². The third-order valence-electron chi connectivity index (χ3n) is 3.69. The molecule has 1 amide bonds. The molecule has 1 saturated heterocycles. The molecule has 3 heteroatoms. The Bertz CT molecular complexity index is 214. The van der Waals surface area contributed by atoms with Crippen molar-refractivity contribution in [2.24, 2.45) is 5.92 Å². The maximum Gasteiger partial charge on any atom is 0.225 e. The van der Waals surface area contributed by atoms with Crippen LogP contribution in [0.15, 0.2) is 0 Å². The number of halogens is 1. The summed E-state index contributed by atoms with van der Waals surface area (Å²) in [7, 11) is 0. The molecule has 1 aliphatic heterocycles. The van der Waals surface area contributed by atoms with E-state index in [2.05, 4.69) is 18.7 Å². The Morgan fingerprint density at radius 2 is 2.06 bits per heavy atom. The molecule has 1 aliphatic rings. The van der Waals surface area contributed by atoms with Gasteiger partial charge in [-0.3, -0.25) is 4.79 Å². The van der Waals surface area contributed by atoms with E-state index in [1.807, 2.05) is 0 Å². The van der Waals surface area contributed by atoms with E-state index in [0.717, 1.165) is 38.6 Å². The predicted molar refractivity (Wildman–Crippen MR) is 68.8 cm³/mol. The van der Waals surface area contributed by atoms with E-state index in [0.29, 0.717) is 17.8 Å². The average molecular weight is 246 g/mol. The second kappa shape index (κ2) is 7.16. The van der Waals surface area contributed by atoms with Crippen molar-refractivity contribution in [2.75, 3.05) is 12.4 Å². The Labute approximate surface area is 104 Å². The highest BCUT2D eigenvalue weighted by atomic mass is 35.5. The molecule has 94 valence electrons. The Hall–Kier alpha value is -0.240. The lowest BCUT2D eigenvalue weighted by atomic mass is 9.95. The van der Waals surface area contributed by atoms with Crippen molar-refractivity contribution in [1.29, 1.82) is 0 Å². The number of nitrogens with zero attached hydrogens (tertiary/aromatic N) is 1. The molecule has 0 N–H and O–H groups in total. The second-order valence-electron chi connectivity index (χ2n) is 4.67. The molecule has 1 heterocycles. The lowest BCUT2D eigenvalue weighted by Crippen LogP contribution is -2.46. The molecule has 2 nitrogen and oxygen atoms in total. The fourth-order valence-electron chi connectivity index (χ4n) is 2.59. The zero-order chi connectivity index (χ0) is 12.0. The van der Waals surface area contributed by atoms with Gasteiger partial charge in [-0.25, -0.2) is 0 Å². The average Bonchev–Trinajstić information content (AvgIpc) is 2.31. The number of likely N-dealkylation sites (tertiary alicyclic amines) is 1. The van der Waals surface area contributed by atoms with Gasteiger partial charge in [0, 0.05) is 24.4 Å². The summed E-state index contributed by atoms with van der Waals surface area (Å²) in [5, 5.41) is 0. The summed E-state index contributed by atoms with van der Waals surface area (Å²) in [6.45, 7) is 5.15. The lowest BCUT2D eigenvalue weighted by molar-refractivity contribution is -0.139. The minimum absolute atomic E-state index is 0.218. The molecule has 1 rings (SSSR count). The molecular weight excluding hydrogens is 222 g/mol. The van der Waals surface area contributed by atoms with Gasteiger partial charge in [0.05, 0.1) is 0 Å². The van der Waals surface area contributed by atoms with E-state index in [1.54, 1.807) is 0 Å². The van der Waals surface area contributed by atoms with Crippen LogP contribution in [0.3, 0.4) is 0 Å². The molecule has 0 bridgehead atoms. The van der Waals surface area contributed by atoms with Gasteiger partial charge in [0.25, 0.3) is 0 Å². The first kappa shape index (κ1) is 13.8. The summed E-state index contributed by atoms with van der Waals surface area (Å²) < 4.78 is 0. The maximum atomic E-state index is 12.3. The molecule has 1 unspecified atom stereocenters. The zero-order valence-electron chi connectivity index (χ0n) is 10.5. The molecule has 0 aromatic rings. The van der Waals surface area contributed by atoms with Crippen molar-refractivity contribution in [2.45, 2.75) is 58.4 Å². The SMILES string of the molecule is CCC(CC)C(=O)N1CCCCC1CCCl. The number of carbonyl (C=O) groups is 1. The van der Waals surface area contributed by atoms with Gasteiger partial charge in [0.2, 0.25) is 5.91 Å². The molecule has 0 radical (unpaired) electrons. The van der Waals surface area contributed by atoms with E-state index >= 15 is 0 Å². The van der Waals surface area contributed by atoms with Gasteiger partial charge in [0.15, 0.2) is 0 Å². The first-order valence-electron chi connectivity index (χ1n) is 6.61. The number of hydrogen-bond donors (Lipinski definition) is 0.